The Morgan fingerprint density at radius 1 is 1.17 bits per heavy atom. The van der Waals surface area contributed by atoms with E-state index in [-0.39, 0.29) is 30.3 Å². The van der Waals surface area contributed by atoms with Gasteiger partial charge < -0.3 is 16.0 Å². The molecule has 3 N–H and O–H groups in total. The van der Waals surface area contributed by atoms with Crippen molar-refractivity contribution in [3.63, 3.8) is 0 Å². The minimum Gasteiger partial charge on any atom is -0.338 e. The second kappa shape index (κ2) is 7.79. The van der Waals surface area contributed by atoms with Crippen molar-refractivity contribution in [1.82, 2.24) is 4.90 Å². The van der Waals surface area contributed by atoms with E-state index >= 15 is 0 Å². The Balaban J connectivity index is 0.00000264. The molecule has 1 fully saturated rings. The number of nitrogens with one attached hydrogen (secondary N) is 1. The van der Waals surface area contributed by atoms with Crippen molar-refractivity contribution in [3.05, 3.63) is 29.8 Å². The smallest absolute Gasteiger partial charge is 0.255 e. The lowest BCUT2D eigenvalue weighted by Gasteiger charge is -2.31. The minimum absolute atomic E-state index is 0. The van der Waals surface area contributed by atoms with E-state index in [0.29, 0.717) is 24.3 Å². The Morgan fingerprint density at radius 3 is 2.30 bits per heavy atom. The number of carbonyl (C=O) groups excluding carboxylic acids is 2. The Kier molecular flexibility index (Phi) is 6.59. The van der Waals surface area contributed by atoms with Gasteiger partial charge >= 0.3 is 0 Å². The number of para-hydroxylation sites is 1. The number of hydrogen-bond donors (Lipinski definition) is 2. The summed E-state index contributed by atoms with van der Waals surface area (Å²) in [5.74, 6) is -0.148. The lowest BCUT2D eigenvalue weighted by molar-refractivity contribution is -0.123. The number of rotatable bonds is 2. The molecule has 0 bridgehead atoms. The zero-order valence-corrected chi connectivity index (χ0v) is 14.8. The van der Waals surface area contributed by atoms with E-state index in [0.717, 1.165) is 12.8 Å². The van der Waals surface area contributed by atoms with Crippen molar-refractivity contribution in [2.45, 2.75) is 39.7 Å². The van der Waals surface area contributed by atoms with Gasteiger partial charge in [0.05, 0.1) is 11.3 Å². The van der Waals surface area contributed by atoms with Gasteiger partial charge in [-0.1, -0.05) is 32.9 Å². The number of benzene rings is 1. The summed E-state index contributed by atoms with van der Waals surface area (Å²) in [6.07, 6.45) is 1.64. The monoisotopic (exact) mass is 339 g/mol. The predicted octanol–water partition coefficient (Wildman–Crippen LogP) is 2.66. The van der Waals surface area contributed by atoms with Gasteiger partial charge in [-0.2, -0.15) is 0 Å². The second-order valence-corrected chi connectivity index (χ2v) is 6.88. The number of piperidine rings is 1. The van der Waals surface area contributed by atoms with Crippen molar-refractivity contribution in [2.75, 3.05) is 18.4 Å². The van der Waals surface area contributed by atoms with E-state index in [1.165, 1.54) is 0 Å². The molecule has 1 aliphatic heterocycles. The highest BCUT2D eigenvalue weighted by molar-refractivity contribution is 6.04. The van der Waals surface area contributed by atoms with Crippen LogP contribution in [0.2, 0.25) is 0 Å². The fourth-order valence-corrected chi connectivity index (χ4v) is 2.36. The molecule has 2 rings (SSSR count). The van der Waals surface area contributed by atoms with E-state index in [1.54, 1.807) is 12.1 Å². The number of nitrogens with two attached hydrogens (primary N) is 1. The van der Waals surface area contributed by atoms with E-state index in [4.69, 9.17) is 5.73 Å². The second-order valence-electron chi connectivity index (χ2n) is 6.88. The first-order valence-corrected chi connectivity index (χ1v) is 7.74. The van der Waals surface area contributed by atoms with Gasteiger partial charge in [-0.15, -0.1) is 12.4 Å². The summed E-state index contributed by atoms with van der Waals surface area (Å²) >= 11 is 0. The quantitative estimate of drug-likeness (QED) is 0.869. The first-order chi connectivity index (χ1) is 10.3. The molecule has 0 aliphatic carbocycles. The number of likely N-dealkylation sites (tertiary alicyclic amines) is 1. The fraction of sp³-hybridized carbons (Fsp3) is 0.529. The van der Waals surface area contributed by atoms with Crippen LogP contribution in [-0.4, -0.2) is 35.8 Å². The van der Waals surface area contributed by atoms with Crippen LogP contribution in [0, 0.1) is 5.41 Å². The van der Waals surface area contributed by atoms with Crippen LogP contribution in [0.4, 0.5) is 5.69 Å². The molecular formula is C17H26ClN3O2. The molecule has 5 nitrogen and oxygen atoms in total. The highest BCUT2D eigenvalue weighted by atomic mass is 35.5. The van der Waals surface area contributed by atoms with Crippen molar-refractivity contribution in [3.8, 4) is 0 Å². The van der Waals surface area contributed by atoms with Gasteiger partial charge in [0.15, 0.2) is 0 Å². The molecule has 0 aromatic heterocycles. The molecule has 1 aromatic rings. The Hall–Kier alpha value is -1.59. The number of carbonyl (C=O) groups is 2. The maximum atomic E-state index is 12.7. The molecule has 0 radical (unpaired) electrons. The molecule has 1 heterocycles. The maximum absolute atomic E-state index is 12.7. The van der Waals surface area contributed by atoms with Gasteiger partial charge in [-0.05, 0) is 25.0 Å². The Bertz CT molecular complexity index is 561. The predicted molar refractivity (Wildman–Crippen MR) is 94.9 cm³/mol. The third-order valence-electron chi connectivity index (χ3n) is 3.91. The molecule has 1 aliphatic rings. The third-order valence-corrected chi connectivity index (χ3v) is 3.91. The lowest BCUT2D eigenvalue weighted by Crippen LogP contribution is -2.43. The van der Waals surface area contributed by atoms with Crippen LogP contribution in [0.15, 0.2) is 24.3 Å². The van der Waals surface area contributed by atoms with Crippen molar-refractivity contribution >= 4 is 29.9 Å². The van der Waals surface area contributed by atoms with Crippen LogP contribution >= 0.6 is 12.4 Å². The zero-order valence-electron chi connectivity index (χ0n) is 14.0. The van der Waals surface area contributed by atoms with Gasteiger partial charge in [0.2, 0.25) is 5.91 Å². The molecule has 128 valence electrons. The highest BCUT2D eigenvalue weighted by Crippen LogP contribution is 2.22. The topological polar surface area (TPSA) is 75.4 Å². The molecule has 2 amide bonds. The lowest BCUT2D eigenvalue weighted by atomic mass is 9.95. The van der Waals surface area contributed by atoms with Crippen molar-refractivity contribution in [2.24, 2.45) is 11.1 Å². The highest BCUT2D eigenvalue weighted by Gasteiger charge is 2.26. The van der Waals surface area contributed by atoms with Crippen LogP contribution in [-0.2, 0) is 4.79 Å². The SMILES string of the molecule is CC(C)(C)C(=O)Nc1ccccc1C(=O)N1CCC(N)CC1.Cl. The van der Waals surface area contributed by atoms with E-state index in [2.05, 4.69) is 5.32 Å². The maximum Gasteiger partial charge on any atom is 0.255 e. The molecule has 23 heavy (non-hydrogen) atoms. The number of anilines is 1. The third kappa shape index (κ3) is 4.94. The fourth-order valence-electron chi connectivity index (χ4n) is 2.36. The van der Waals surface area contributed by atoms with Gasteiger partial charge in [0.25, 0.3) is 5.91 Å². The van der Waals surface area contributed by atoms with Crippen LogP contribution in [0.25, 0.3) is 0 Å². The standard InChI is InChI=1S/C17H25N3O2.ClH/c1-17(2,3)16(22)19-14-7-5-4-6-13(14)15(21)20-10-8-12(18)9-11-20;/h4-7,12H,8-11,18H2,1-3H3,(H,19,22);1H. The number of amides is 2. The summed E-state index contributed by atoms with van der Waals surface area (Å²) < 4.78 is 0. The van der Waals surface area contributed by atoms with E-state index < -0.39 is 5.41 Å². The van der Waals surface area contributed by atoms with E-state index in [9.17, 15) is 9.59 Å². The van der Waals surface area contributed by atoms with Gasteiger partial charge in [-0.25, -0.2) is 0 Å². The van der Waals surface area contributed by atoms with Crippen molar-refractivity contribution in [1.29, 1.82) is 0 Å². The number of hydrogen-bond acceptors (Lipinski definition) is 3. The summed E-state index contributed by atoms with van der Waals surface area (Å²) in [5.41, 5.74) is 6.49. The number of halogens is 1. The van der Waals surface area contributed by atoms with Crippen LogP contribution < -0.4 is 11.1 Å². The Morgan fingerprint density at radius 2 is 1.74 bits per heavy atom. The molecule has 0 atom stereocenters. The van der Waals surface area contributed by atoms with Crippen LogP contribution in [0.1, 0.15) is 44.0 Å². The first-order valence-electron chi connectivity index (χ1n) is 7.74. The summed E-state index contributed by atoms with van der Waals surface area (Å²) in [4.78, 5) is 26.7. The molecule has 0 unspecified atom stereocenters. The normalized spacial score (nSPS) is 15.7. The summed E-state index contributed by atoms with van der Waals surface area (Å²) in [7, 11) is 0. The average molecular weight is 340 g/mol. The average Bonchev–Trinajstić information content (AvgIpc) is 2.47. The Labute approximate surface area is 144 Å². The molecular weight excluding hydrogens is 314 g/mol. The molecule has 6 heteroatoms. The molecule has 1 aromatic carbocycles. The van der Waals surface area contributed by atoms with Crippen LogP contribution in [0.3, 0.4) is 0 Å². The summed E-state index contributed by atoms with van der Waals surface area (Å²) in [5, 5.41) is 2.87. The first kappa shape index (κ1) is 19.5. The van der Waals surface area contributed by atoms with Crippen molar-refractivity contribution < 1.29 is 9.59 Å². The largest absolute Gasteiger partial charge is 0.338 e. The molecule has 1 saturated heterocycles. The van der Waals surface area contributed by atoms with Crippen LogP contribution in [0.5, 0.6) is 0 Å². The minimum atomic E-state index is -0.506. The molecule has 0 saturated carbocycles. The zero-order chi connectivity index (χ0) is 16.3. The number of nitrogens with zero attached hydrogens (tertiary/aromatic N) is 1. The summed E-state index contributed by atoms with van der Waals surface area (Å²) in [6.45, 7) is 6.87. The summed E-state index contributed by atoms with van der Waals surface area (Å²) in [6, 6.07) is 7.35. The molecule has 0 spiro atoms. The van der Waals surface area contributed by atoms with Gasteiger partial charge in [-0.3, -0.25) is 9.59 Å². The van der Waals surface area contributed by atoms with E-state index in [1.807, 2.05) is 37.8 Å². The van der Waals surface area contributed by atoms with Gasteiger partial charge in [0, 0.05) is 24.5 Å². The van der Waals surface area contributed by atoms with Gasteiger partial charge in [0.1, 0.15) is 0 Å².